The molecule has 190 valence electrons. The van der Waals surface area contributed by atoms with Crippen LogP contribution >= 0.6 is 0 Å². The number of para-hydroxylation sites is 1. The quantitative estimate of drug-likeness (QED) is 0.387. The lowest BCUT2D eigenvalue weighted by Gasteiger charge is -2.28. The molecule has 1 atom stereocenters. The summed E-state index contributed by atoms with van der Waals surface area (Å²) in [5, 5.41) is 4.85. The fourth-order valence-electron chi connectivity index (χ4n) is 5.23. The second-order valence-corrected chi connectivity index (χ2v) is 9.73. The summed E-state index contributed by atoms with van der Waals surface area (Å²) in [7, 11) is 1.64. The molecule has 7 nitrogen and oxygen atoms in total. The number of hydrogen-bond acceptors (Lipinski definition) is 5. The third kappa shape index (κ3) is 5.41. The van der Waals surface area contributed by atoms with Gasteiger partial charge in [-0.25, -0.2) is 4.68 Å². The molecule has 2 aliphatic rings. The third-order valence-electron chi connectivity index (χ3n) is 7.21. The Balaban J connectivity index is 1.51. The SMILES string of the molecule is COc1cccc(Oc2c(CN(C[C@@H]3CCCO3)C(=O)C3CCCC3)c(C)nn2-c2ccccc2)c1. The van der Waals surface area contributed by atoms with Gasteiger partial charge in [0.15, 0.2) is 0 Å². The van der Waals surface area contributed by atoms with Gasteiger partial charge in [-0.1, -0.05) is 37.1 Å². The zero-order valence-electron chi connectivity index (χ0n) is 21.2. The first kappa shape index (κ1) is 24.4. The van der Waals surface area contributed by atoms with Crippen LogP contribution in [-0.4, -0.2) is 47.0 Å². The summed E-state index contributed by atoms with van der Waals surface area (Å²) >= 11 is 0. The summed E-state index contributed by atoms with van der Waals surface area (Å²) in [6, 6.07) is 17.5. The average molecular weight is 490 g/mol. The van der Waals surface area contributed by atoms with Crippen molar-refractivity contribution in [3.8, 4) is 23.1 Å². The molecule has 1 aliphatic carbocycles. The maximum atomic E-state index is 13.7. The number of aryl methyl sites for hydroxylation is 1. The number of carbonyl (C=O) groups is 1. The zero-order chi connectivity index (χ0) is 24.9. The predicted octanol–water partition coefficient (Wildman–Crippen LogP) is 5.68. The maximum absolute atomic E-state index is 13.7. The van der Waals surface area contributed by atoms with Gasteiger partial charge < -0.3 is 19.1 Å². The molecule has 1 saturated heterocycles. The molecule has 0 spiro atoms. The Morgan fingerprint density at radius 3 is 2.56 bits per heavy atom. The van der Waals surface area contributed by atoms with E-state index in [1.807, 2.05) is 71.1 Å². The van der Waals surface area contributed by atoms with E-state index in [0.29, 0.717) is 30.5 Å². The van der Waals surface area contributed by atoms with Gasteiger partial charge in [0.25, 0.3) is 0 Å². The van der Waals surface area contributed by atoms with Crippen molar-refractivity contribution in [3.05, 3.63) is 65.9 Å². The number of benzene rings is 2. The Hall–Kier alpha value is -3.32. The molecule has 1 saturated carbocycles. The van der Waals surface area contributed by atoms with Gasteiger partial charge in [0.1, 0.15) is 11.5 Å². The van der Waals surface area contributed by atoms with Gasteiger partial charge in [-0.15, -0.1) is 0 Å². The lowest BCUT2D eigenvalue weighted by molar-refractivity contribution is -0.137. The summed E-state index contributed by atoms with van der Waals surface area (Å²) in [5.74, 6) is 2.30. The summed E-state index contributed by atoms with van der Waals surface area (Å²) in [6.07, 6.45) is 6.31. The Kier molecular flexibility index (Phi) is 7.56. The highest BCUT2D eigenvalue weighted by atomic mass is 16.5. The van der Waals surface area contributed by atoms with Crippen LogP contribution in [0.1, 0.15) is 49.8 Å². The summed E-state index contributed by atoms with van der Waals surface area (Å²) in [5.41, 5.74) is 2.65. The maximum Gasteiger partial charge on any atom is 0.227 e. The summed E-state index contributed by atoms with van der Waals surface area (Å²) < 4.78 is 19.6. The van der Waals surface area contributed by atoms with Crippen LogP contribution in [0.15, 0.2) is 54.6 Å². The fraction of sp³-hybridized carbons (Fsp3) is 0.448. The summed E-state index contributed by atoms with van der Waals surface area (Å²) in [6.45, 7) is 3.79. The van der Waals surface area contributed by atoms with Crippen molar-refractivity contribution in [2.24, 2.45) is 5.92 Å². The monoisotopic (exact) mass is 489 g/mol. The molecule has 1 aromatic heterocycles. The number of carbonyl (C=O) groups excluding carboxylic acids is 1. The number of nitrogens with zero attached hydrogens (tertiary/aromatic N) is 3. The minimum absolute atomic E-state index is 0.0857. The van der Waals surface area contributed by atoms with E-state index in [1.54, 1.807) is 7.11 Å². The number of aromatic nitrogens is 2. The van der Waals surface area contributed by atoms with E-state index in [1.165, 1.54) is 0 Å². The van der Waals surface area contributed by atoms with Gasteiger partial charge in [-0.05, 0) is 56.9 Å². The minimum Gasteiger partial charge on any atom is -0.497 e. The van der Waals surface area contributed by atoms with Crippen molar-refractivity contribution in [1.82, 2.24) is 14.7 Å². The van der Waals surface area contributed by atoms with E-state index in [4.69, 9.17) is 19.3 Å². The van der Waals surface area contributed by atoms with Crippen molar-refractivity contribution < 1.29 is 19.0 Å². The molecule has 2 heterocycles. The van der Waals surface area contributed by atoms with Crippen LogP contribution in [0.3, 0.4) is 0 Å². The van der Waals surface area contributed by atoms with E-state index in [2.05, 4.69) is 0 Å². The number of amides is 1. The Labute approximate surface area is 213 Å². The first-order valence-electron chi connectivity index (χ1n) is 13.0. The van der Waals surface area contributed by atoms with Gasteiger partial charge >= 0.3 is 0 Å². The van der Waals surface area contributed by atoms with Crippen molar-refractivity contribution in [3.63, 3.8) is 0 Å². The van der Waals surface area contributed by atoms with E-state index in [0.717, 1.165) is 62.1 Å². The molecule has 0 N–H and O–H groups in total. The molecule has 7 heteroatoms. The van der Waals surface area contributed by atoms with Crippen LogP contribution in [-0.2, 0) is 16.1 Å². The first-order chi connectivity index (χ1) is 17.6. The van der Waals surface area contributed by atoms with E-state index >= 15 is 0 Å². The second kappa shape index (κ2) is 11.2. The largest absolute Gasteiger partial charge is 0.497 e. The normalized spacial score (nSPS) is 17.9. The summed E-state index contributed by atoms with van der Waals surface area (Å²) in [4.78, 5) is 15.7. The third-order valence-corrected chi connectivity index (χ3v) is 7.21. The molecule has 0 unspecified atom stereocenters. The van der Waals surface area contributed by atoms with E-state index in [9.17, 15) is 4.79 Å². The Morgan fingerprint density at radius 1 is 1.06 bits per heavy atom. The molecule has 36 heavy (non-hydrogen) atoms. The molecule has 5 rings (SSSR count). The number of rotatable bonds is 9. The van der Waals surface area contributed by atoms with Gasteiger partial charge in [0.05, 0.1) is 36.7 Å². The molecule has 2 fully saturated rings. The van der Waals surface area contributed by atoms with Crippen LogP contribution in [0.25, 0.3) is 5.69 Å². The van der Waals surface area contributed by atoms with E-state index in [-0.39, 0.29) is 17.9 Å². The first-order valence-corrected chi connectivity index (χ1v) is 13.0. The molecule has 3 aromatic rings. The van der Waals surface area contributed by atoms with Crippen molar-refractivity contribution in [1.29, 1.82) is 0 Å². The number of methoxy groups -OCH3 is 1. The van der Waals surface area contributed by atoms with Crippen molar-refractivity contribution in [2.75, 3.05) is 20.3 Å². The van der Waals surface area contributed by atoms with Crippen LogP contribution in [0.5, 0.6) is 17.4 Å². The fourth-order valence-corrected chi connectivity index (χ4v) is 5.23. The smallest absolute Gasteiger partial charge is 0.227 e. The molecular weight excluding hydrogens is 454 g/mol. The molecular formula is C29H35N3O4. The molecule has 2 aromatic carbocycles. The lowest BCUT2D eigenvalue weighted by Crippen LogP contribution is -2.40. The lowest BCUT2D eigenvalue weighted by atomic mass is 10.1. The van der Waals surface area contributed by atoms with Crippen molar-refractivity contribution in [2.45, 2.75) is 58.1 Å². The van der Waals surface area contributed by atoms with Crippen molar-refractivity contribution >= 4 is 5.91 Å². The standard InChI is InChI=1S/C29H35N3O4/c1-21-27(20-31(19-26-16-9-17-35-26)28(33)22-10-6-7-11-22)29(32(30-21)23-12-4-3-5-13-23)36-25-15-8-14-24(18-25)34-2/h3-5,8,12-15,18,22,26H,6-7,9-11,16-17,19-20H2,1-2H3/t26-/m0/s1. The highest BCUT2D eigenvalue weighted by Gasteiger charge is 2.32. The van der Waals surface area contributed by atoms with Gasteiger partial charge in [0.2, 0.25) is 11.8 Å². The van der Waals surface area contributed by atoms with Gasteiger partial charge in [0, 0.05) is 25.1 Å². The predicted molar refractivity (Wildman–Crippen MR) is 138 cm³/mol. The molecule has 1 amide bonds. The zero-order valence-corrected chi connectivity index (χ0v) is 21.2. The molecule has 1 aliphatic heterocycles. The topological polar surface area (TPSA) is 65.8 Å². The second-order valence-electron chi connectivity index (χ2n) is 9.73. The Morgan fingerprint density at radius 2 is 1.83 bits per heavy atom. The van der Waals surface area contributed by atoms with Gasteiger partial charge in [-0.3, -0.25) is 4.79 Å². The highest BCUT2D eigenvalue weighted by molar-refractivity contribution is 5.79. The van der Waals surface area contributed by atoms with Crippen LogP contribution in [0.2, 0.25) is 0 Å². The number of hydrogen-bond donors (Lipinski definition) is 0. The highest BCUT2D eigenvalue weighted by Crippen LogP contribution is 2.34. The van der Waals surface area contributed by atoms with Crippen LogP contribution < -0.4 is 9.47 Å². The molecule has 0 radical (unpaired) electrons. The van der Waals surface area contributed by atoms with E-state index < -0.39 is 0 Å². The number of ether oxygens (including phenoxy) is 3. The average Bonchev–Trinajstić information content (AvgIpc) is 3.68. The minimum atomic E-state index is 0.0857. The Bertz CT molecular complexity index is 1160. The van der Waals surface area contributed by atoms with Crippen LogP contribution in [0.4, 0.5) is 0 Å². The van der Waals surface area contributed by atoms with Crippen LogP contribution in [0, 0.1) is 12.8 Å². The van der Waals surface area contributed by atoms with Gasteiger partial charge in [-0.2, -0.15) is 5.10 Å². The molecule has 0 bridgehead atoms.